The van der Waals surface area contributed by atoms with Gasteiger partial charge in [0.15, 0.2) is 5.78 Å². The number of Topliss-reactive ketones (excluding diaryl/α,β-unsaturated/α-hetero) is 1. The van der Waals surface area contributed by atoms with Crippen molar-refractivity contribution in [2.45, 2.75) is 39.0 Å². The maximum atomic E-state index is 12.9. The van der Waals surface area contributed by atoms with E-state index in [1.54, 1.807) is 0 Å². The minimum atomic E-state index is -0.383. The highest BCUT2D eigenvalue weighted by Crippen LogP contribution is 2.26. The number of anilines is 1. The molecule has 1 unspecified atom stereocenters. The predicted octanol–water partition coefficient (Wildman–Crippen LogP) is 4.94. The van der Waals surface area contributed by atoms with Crippen LogP contribution in [0, 0.1) is 5.82 Å². The van der Waals surface area contributed by atoms with E-state index in [2.05, 4.69) is 19.2 Å². The maximum Gasteiger partial charge on any atom is 0.224 e. The smallest absolute Gasteiger partial charge is 0.224 e. The molecule has 0 spiro atoms. The Bertz CT molecular complexity index is 710. The lowest BCUT2D eigenvalue weighted by Gasteiger charge is -2.15. The third kappa shape index (κ3) is 4.75. The molecule has 1 N–H and O–H groups in total. The second kappa shape index (κ2) is 8.39. The molecule has 0 saturated carbocycles. The van der Waals surface area contributed by atoms with Gasteiger partial charge in [-0.1, -0.05) is 32.0 Å². The van der Waals surface area contributed by atoms with Crippen molar-refractivity contribution >= 4 is 17.4 Å². The molecule has 4 heteroatoms. The summed E-state index contributed by atoms with van der Waals surface area (Å²) in [5.41, 5.74) is 2.31. The monoisotopic (exact) mass is 327 g/mol. The molecule has 24 heavy (non-hydrogen) atoms. The fraction of sp³-hybridized carbons (Fsp3) is 0.300. The number of nitrogens with one attached hydrogen (secondary N) is 1. The molecule has 1 atom stereocenters. The third-order valence-corrected chi connectivity index (χ3v) is 4.12. The summed E-state index contributed by atoms with van der Waals surface area (Å²) in [5, 5.41) is 2.89. The van der Waals surface area contributed by atoms with E-state index >= 15 is 0 Å². The van der Waals surface area contributed by atoms with Crippen LogP contribution in [0.3, 0.4) is 0 Å². The van der Waals surface area contributed by atoms with Crippen molar-refractivity contribution in [1.29, 1.82) is 0 Å². The zero-order valence-corrected chi connectivity index (χ0v) is 14.0. The molecule has 0 fully saturated rings. The quantitative estimate of drug-likeness (QED) is 0.732. The SMILES string of the molecule is CCC(C)c1ccccc1NC(=O)CCC(=O)c1ccc(F)cc1. The molecular formula is C20H22FNO2. The van der Waals surface area contributed by atoms with Gasteiger partial charge in [0.2, 0.25) is 5.91 Å². The van der Waals surface area contributed by atoms with Gasteiger partial charge >= 0.3 is 0 Å². The van der Waals surface area contributed by atoms with Gasteiger partial charge in [0, 0.05) is 24.1 Å². The number of ketones is 1. The number of hydrogen-bond acceptors (Lipinski definition) is 2. The summed E-state index contributed by atoms with van der Waals surface area (Å²) in [5.74, 6) is -0.394. The molecule has 0 bridgehead atoms. The lowest BCUT2D eigenvalue weighted by molar-refractivity contribution is -0.116. The van der Waals surface area contributed by atoms with E-state index in [9.17, 15) is 14.0 Å². The third-order valence-electron chi connectivity index (χ3n) is 4.12. The first-order valence-electron chi connectivity index (χ1n) is 8.18. The molecule has 0 radical (unpaired) electrons. The van der Waals surface area contributed by atoms with Crippen LogP contribution in [-0.4, -0.2) is 11.7 Å². The lowest BCUT2D eigenvalue weighted by Crippen LogP contribution is -2.15. The van der Waals surface area contributed by atoms with Crippen LogP contribution >= 0.6 is 0 Å². The number of amides is 1. The summed E-state index contributed by atoms with van der Waals surface area (Å²) in [6.07, 6.45) is 1.18. The molecular weight excluding hydrogens is 305 g/mol. The van der Waals surface area contributed by atoms with Crippen LogP contribution < -0.4 is 5.32 Å². The molecule has 0 saturated heterocycles. The second-order valence-electron chi connectivity index (χ2n) is 5.87. The fourth-order valence-corrected chi connectivity index (χ4v) is 2.48. The van der Waals surface area contributed by atoms with Crippen LogP contribution in [-0.2, 0) is 4.79 Å². The Hall–Kier alpha value is -2.49. The average molecular weight is 327 g/mol. The first-order valence-corrected chi connectivity index (χ1v) is 8.18. The largest absolute Gasteiger partial charge is 0.326 e. The summed E-state index contributed by atoms with van der Waals surface area (Å²) < 4.78 is 12.9. The van der Waals surface area contributed by atoms with E-state index in [1.807, 2.05) is 24.3 Å². The molecule has 1 amide bonds. The van der Waals surface area contributed by atoms with Gasteiger partial charge in [-0.3, -0.25) is 9.59 Å². The zero-order valence-electron chi connectivity index (χ0n) is 14.0. The van der Waals surface area contributed by atoms with Gasteiger partial charge in [-0.05, 0) is 48.2 Å². The van der Waals surface area contributed by atoms with Crippen LogP contribution in [0.15, 0.2) is 48.5 Å². The summed E-state index contributed by atoms with van der Waals surface area (Å²) in [7, 11) is 0. The molecule has 0 aliphatic carbocycles. The fourth-order valence-electron chi connectivity index (χ4n) is 2.48. The predicted molar refractivity (Wildman–Crippen MR) is 93.7 cm³/mol. The lowest BCUT2D eigenvalue weighted by atomic mass is 9.97. The van der Waals surface area contributed by atoms with Crippen LogP contribution in [0.2, 0.25) is 0 Å². The summed E-state index contributed by atoms with van der Waals surface area (Å²) in [4.78, 5) is 24.2. The van der Waals surface area contributed by atoms with Gasteiger partial charge in [0.1, 0.15) is 5.82 Å². The van der Waals surface area contributed by atoms with Crippen LogP contribution in [0.25, 0.3) is 0 Å². The van der Waals surface area contributed by atoms with Crippen molar-refractivity contribution in [2.75, 3.05) is 5.32 Å². The van der Waals surface area contributed by atoms with Crippen molar-refractivity contribution in [3.63, 3.8) is 0 Å². The summed E-state index contributed by atoms with van der Waals surface area (Å²) in [6, 6.07) is 13.1. The highest BCUT2D eigenvalue weighted by molar-refractivity contribution is 6.00. The number of hydrogen-bond donors (Lipinski definition) is 1. The number of para-hydroxylation sites is 1. The van der Waals surface area contributed by atoms with Crippen LogP contribution in [0.5, 0.6) is 0 Å². The highest BCUT2D eigenvalue weighted by atomic mass is 19.1. The van der Waals surface area contributed by atoms with E-state index in [-0.39, 0.29) is 30.3 Å². The van der Waals surface area contributed by atoms with Gasteiger partial charge in [0.05, 0.1) is 0 Å². The zero-order chi connectivity index (χ0) is 17.5. The Balaban J connectivity index is 1.94. The van der Waals surface area contributed by atoms with Crippen molar-refractivity contribution in [2.24, 2.45) is 0 Å². The normalized spacial score (nSPS) is 11.8. The van der Waals surface area contributed by atoms with E-state index < -0.39 is 0 Å². The number of rotatable bonds is 7. The standard InChI is InChI=1S/C20H22FNO2/c1-3-14(2)17-6-4-5-7-18(17)22-20(24)13-12-19(23)15-8-10-16(21)11-9-15/h4-11,14H,3,12-13H2,1-2H3,(H,22,24). The maximum absolute atomic E-state index is 12.9. The topological polar surface area (TPSA) is 46.2 Å². The molecule has 3 nitrogen and oxygen atoms in total. The van der Waals surface area contributed by atoms with Gasteiger partial charge in [-0.15, -0.1) is 0 Å². The summed E-state index contributed by atoms with van der Waals surface area (Å²) >= 11 is 0. The number of carbonyl (C=O) groups excluding carboxylic acids is 2. The highest BCUT2D eigenvalue weighted by Gasteiger charge is 2.13. The Morgan fingerprint density at radius 1 is 1.04 bits per heavy atom. The van der Waals surface area contributed by atoms with Crippen molar-refractivity contribution < 1.29 is 14.0 Å². The molecule has 2 aromatic carbocycles. The Kier molecular flexibility index (Phi) is 6.24. The summed E-state index contributed by atoms with van der Waals surface area (Å²) in [6.45, 7) is 4.22. The second-order valence-corrected chi connectivity index (χ2v) is 5.87. The minimum absolute atomic E-state index is 0.100. The van der Waals surface area contributed by atoms with E-state index in [0.29, 0.717) is 11.5 Å². The molecule has 126 valence electrons. The molecule has 2 aromatic rings. The Morgan fingerprint density at radius 2 is 1.71 bits per heavy atom. The van der Waals surface area contributed by atoms with Crippen molar-refractivity contribution in [1.82, 2.24) is 0 Å². The van der Waals surface area contributed by atoms with E-state index in [4.69, 9.17) is 0 Å². The van der Waals surface area contributed by atoms with Crippen molar-refractivity contribution in [3.8, 4) is 0 Å². The van der Waals surface area contributed by atoms with Crippen LogP contribution in [0.4, 0.5) is 10.1 Å². The number of halogens is 1. The minimum Gasteiger partial charge on any atom is -0.326 e. The van der Waals surface area contributed by atoms with Crippen molar-refractivity contribution in [3.05, 3.63) is 65.5 Å². The molecule has 0 heterocycles. The van der Waals surface area contributed by atoms with Gasteiger partial charge in [-0.2, -0.15) is 0 Å². The van der Waals surface area contributed by atoms with Crippen LogP contribution in [0.1, 0.15) is 54.9 Å². The average Bonchev–Trinajstić information content (AvgIpc) is 2.60. The Labute approximate surface area is 141 Å². The molecule has 0 aliphatic heterocycles. The molecule has 0 aromatic heterocycles. The van der Waals surface area contributed by atoms with E-state index in [1.165, 1.54) is 24.3 Å². The van der Waals surface area contributed by atoms with Gasteiger partial charge < -0.3 is 5.32 Å². The first kappa shape index (κ1) is 17.9. The van der Waals surface area contributed by atoms with E-state index in [0.717, 1.165) is 17.7 Å². The molecule has 2 rings (SSSR count). The molecule has 0 aliphatic rings. The first-order chi connectivity index (χ1) is 11.5. The Morgan fingerprint density at radius 3 is 2.38 bits per heavy atom. The number of carbonyl (C=O) groups is 2. The number of benzene rings is 2. The van der Waals surface area contributed by atoms with Gasteiger partial charge in [-0.25, -0.2) is 4.39 Å². The van der Waals surface area contributed by atoms with Gasteiger partial charge in [0.25, 0.3) is 0 Å².